The lowest BCUT2D eigenvalue weighted by molar-refractivity contribution is 0.0693. The number of hydrogen-bond acceptors (Lipinski definition) is 4. The smallest absolute Gasteiger partial charge is 0.339 e. The average Bonchev–Trinajstić information content (AvgIpc) is 2.87. The highest BCUT2D eigenvalue weighted by molar-refractivity contribution is 6.01. The molecule has 4 rings (SSSR count). The Bertz CT molecular complexity index is 1480. The summed E-state index contributed by atoms with van der Waals surface area (Å²) in [4.78, 5) is 24.6. The number of urea groups is 1. The van der Waals surface area contributed by atoms with Gasteiger partial charge in [0.05, 0.1) is 12.8 Å². The number of anilines is 2. The average molecular weight is 497 g/mol. The number of aromatic carboxylic acids is 1. The Hall–Kier alpha value is -4.78. The fourth-order valence-corrected chi connectivity index (χ4v) is 3.91. The molecule has 0 saturated heterocycles. The van der Waals surface area contributed by atoms with Gasteiger partial charge < -0.3 is 25.2 Å². The van der Waals surface area contributed by atoms with E-state index in [1.54, 1.807) is 36.4 Å². The molecule has 0 heterocycles. The SMILES string of the molecule is COc1ccc(-c2ccc(Oc3cccc(C)c3C)c(NC(=O)Nc3cccc(C)c3)c2)cc1C(=O)O. The summed E-state index contributed by atoms with van der Waals surface area (Å²) in [5.41, 5.74) is 5.57. The highest BCUT2D eigenvalue weighted by Crippen LogP contribution is 2.36. The minimum Gasteiger partial charge on any atom is -0.496 e. The van der Waals surface area contributed by atoms with Crippen molar-refractivity contribution in [2.24, 2.45) is 0 Å². The van der Waals surface area contributed by atoms with Crippen LogP contribution in [0.3, 0.4) is 0 Å². The number of hydrogen-bond donors (Lipinski definition) is 3. The van der Waals surface area contributed by atoms with Crippen LogP contribution in [0.1, 0.15) is 27.0 Å². The normalized spacial score (nSPS) is 10.5. The van der Waals surface area contributed by atoms with Gasteiger partial charge in [0.15, 0.2) is 5.75 Å². The fraction of sp³-hybridized carbons (Fsp3) is 0.133. The van der Waals surface area contributed by atoms with E-state index in [0.29, 0.717) is 34.0 Å². The zero-order valence-electron chi connectivity index (χ0n) is 21.1. The molecule has 7 nitrogen and oxygen atoms in total. The molecule has 37 heavy (non-hydrogen) atoms. The Morgan fingerprint density at radius 2 is 1.46 bits per heavy atom. The van der Waals surface area contributed by atoms with Crippen molar-refractivity contribution in [3.8, 4) is 28.4 Å². The number of carboxylic acids is 1. The van der Waals surface area contributed by atoms with Crippen LogP contribution in [0.25, 0.3) is 11.1 Å². The largest absolute Gasteiger partial charge is 0.496 e. The van der Waals surface area contributed by atoms with Crippen LogP contribution < -0.4 is 20.1 Å². The number of carbonyl (C=O) groups excluding carboxylic acids is 1. The van der Waals surface area contributed by atoms with Gasteiger partial charge in [0.1, 0.15) is 17.1 Å². The first-order valence-corrected chi connectivity index (χ1v) is 11.7. The number of ether oxygens (including phenoxy) is 2. The number of benzene rings is 4. The predicted molar refractivity (Wildman–Crippen MR) is 145 cm³/mol. The Labute approximate surface area is 215 Å². The molecule has 0 bridgehead atoms. The van der Waals surface area contributed by atoms with E-state index in [0.717, 1.165) is 16.7 Å². The molecular formula is C30H28N2O5. The van der Waals surface area contributed by atoms with Crippen molar-refractivity contribution in [1.82, 2.24) is 0 Å². The number of amides is 2. The van der Waals surface area contributed by atoms with E-state index >= 15 is 0 Å². The zero-order valence-corrected chi connectivity index (χ0v) is 21.1. The fourth-order valence-electron chi connectivity index (χ4n) is 3.91. The van der Waals surface area contributed by atoms with Gasteiger partial charge in [-0.25, -0.2) is 9.59 Å². The summed E-state index contributed by atoms with van der Waals surface area (Å²) < 4.78 is 11.4. The molecule has 0 aliphatic heterocycles. The molecule has 4 aromatic rings. The van der Waals surface area contributed by atoms with Crippen molar-refractivity contribution in [3.05, 3.63) is 101 Å². The lowest BCUT2D eigenvalue weighted by Gasteiger charge is -2.17. The highest BCUT2D eigenvalue weighted by Gasteiger charge is 2.16. The molecule has 0 atom stereocenters. The molecule has 0 radical (unpaired) electrons. The van der Waals surface area contributed by atoms with E-state index in [9.17, 15) is 14.7 Å². The van der Waals surface area contributed by atoms with E-state index in [1.807, 2.05) is 63.2 Å². The van der Waals surface area contributed by atoms with Gasteiger partial charge in [0.25, 0.3) is 0 Å². The summed E-state index contributed by atoms with van der Waals surface area (Å²) in [6.07, 6.45) is 0. The van der Waals surface area contributed by atoms with Gasteiger partial charge in [-0.15, -0.1) is 0 Å². The molecule has 0 aliphatic carbocycles. The van der Waals surface area contributed by atoms with E-state index in [4.69, 9.17) is 9.47 Å². The number of nitrogens with one attached hydrogen (secondary N) is 2. The number of rotatable bonds is 7. The monoisotopic (exact) mass is 496 g/mol. The maximum absolute atomic E-state index is 12.9. The van der Waals surface area contributed by atoms with Crippen molar-refractivity contribution >= 4 is 23.4 Å². The molecule has 3 N–H and O–H groups in total. The first kappa shape index (κ1) is 25.3. The standard InChI is InChI=1S/C30H28N2O5/c1-18-7-5-9-23(15-18)31-30(35)32-25-17-22(21-11-13-27(36-4)24(16-21)29(33)34)12-14-28(25)37-26-10-6-8-19(2)20(26)3/h5-17H,1-4H3,(H,33,34)(H2,31,32,35). The topological polar surface area (TPSA) is 96.9 Å². The van der Waals surface area contributed by atoms with E-state index in [-0.39, 0.29) is 11.3 Å². The van der Waals surface area contributed by atoms with Gasteiger partial charge in [-0.1, -0.05) is 36.4 Å². The minimum absolute atomic E-state index is 0.0439. The number of carboxylic acid groups (broad SMARTS) is 1. The van der Waals surface area contributed by atoms with Gasteiger partial charge in [-0.05, 0) is 91.1 Å². The van der Waals surface area contributed by atoms with Crippen LogP contribution in [0.4, 0.5) is 16.2 Å². The second kappa shape index (κ2) is 10.9. The van der Waals surface area contributed by atoms with Crippen LogP contribution in [0, 0.1) is 20.8 Å². The van der Waals surface area contributed by atoms with Crippen LogP contribution in [0.15, 0.2) is 78.9 Å². The lowest BCUT2D eigenvalue weighted by atomic mass is 10.0. The summed E-state index contributed by atoms with van der Waals surface area (Å²) in [6.45, 7) is 5.92. The lowest BCUT2D eigenvalue weighted by Crippen LogP contribution is -2.19. The number of carbonyl (C=O) groups is 2. The van der Waals surface area contributed by atoms with Gasteiger partial charge in [0, 0.05) is 5.69 Å². The number of methoxy groups -OCH3 is 1. The Morgan fingerprint density at radius 3 is 2.16 bits per heavy atom. The molecule has 2 amide bonds. The maximum atomic E-state index is 12.9. The molecule has 0 fully saturated rings. The van der Waals surface area contributed by atoms with Crippen LogP contribution in [0.5, 0.6) is 17.2 Å². The first-order valence-electron chi connectivity index (χ1n) is 11.7. The molecule has 0 aromatic heterocycles. The molecule has 0 saturated carbocycles. The van der Waals surface area contributed by atoms with Crippen LogP contribution in [0.2, 0.25) is 0 Å². The summed E-state index contributed by atoms with van der Waals surface area (Å²) in [5.74, 6) is 0.294. The minimum atomic E-state index is -1.09. The third kappa shape index (κ3) is 5.90. The van der Waals surface area contributed by atoms with Crippen molar-refractivity contribution in [1.29, 1.82) is 0 Å². The predicted octanol–water partition coefficient (Wildman–Crippen LogP) is 7.42. The zero-order chi connectivity index (χ0) is 26.5. The van der Waals surface area contributed by atoms with Gasteiger partial charge in [-0.2, -0.15) is 0 Å². The van der Waals surface area contributed by atoms with Gasteiger partial charge >= 0.3 is 12.0 Å². The summed E-state index contributed by atoms with van der Waals surface area (Å²) in [7, 11) is 1.43. The molecule has 0 unspecified atom stereocenters. The van der Waals surface area contributed by atoms with Gasteiger partial charge in [0.2, 0.25) is 0 Å². The molecular weight excluding hydrogens is 468 g/mol. The molecule has 7 heteroatoms. The van der Waals surface area contributed by atoms with Crippen molar-refractivity contribution in [3.63, 3.8) is 0 Å². The maximum Gasteiger partial charge on any atom is 0.339 e. The summed E-state index contributed by atoms with van der Waals surface area (Å²) >= 11 is 0. The van der Waals surface area contributed by atoms with Crippen LogP contribution >= 0.6 is 0 Å². The Kier molecular flexibility index (Phi) is 7.44. The Morgan fingerprint density at radius 1 is 0.757 bits per heavy atom. The van der Waals surface area contributed by atoms with Crippen molar-refractivity contribution in [2.75, 3.05) is 17.7 Å². The molecule has 188 valence electrons. The third-order valence-corrected chi connectivity index (χ3v) is 6.04. The Balaban J connectivity index is 1.72. The van der Waals surface area contributed by atoms with Crippen LogP contribution in [-0.2, 0) is 0 Å². The van der Waals surface area contributed by atoms with Crippen molar-refractivity contribution in [2.45, 2.75) is 20.8 Å². The van der Waals surface area contributed by atoms with E-state index in [1.165, 1.54) is 7.11 Å². The third-order valence-electron chi connectivity index (χ3n) is 6.04. The highest BCUT2D eigenvalue weighted by atomic mass is 16.5. The van der Waals surface area contributed by atoms with Crippen molar-refractivity contribution < 1.29 is 24.2 Å². The quantitative estimate of drug-likeness (QED) is 0.247. The summed E-state index contributed by atoms with van der Waals surface area (Å²) in [6, 6.07) is 23.1. The second-order valence-corrected chi connectivity index (χ2v) is 8.68. The van der Waals surface area contributed by atoms with E-state index in [2.05, 4.69) is 10.6 Å². The molecule has 4 aromatic carbocycles. The second-order valence-electron chi connectivity index (χ2n) is 8.68. The van der Waals surface area contributed by atoms with Gasteiger partial charge in [-0.3, -0.25) is 0 Å². The first-order chi connectivity index (χ1) is 17.7. The van der Waals surface area contributed by atoms with E-state index < -0.39 is 12.0 Å². The van der Waals surface area contributed by atoms with Crippen LogP contribution in [-0.4, -0.2) is 24.2 Å². The molecule has 0 aliphatic rings. The number of aryl methyl sites for hydroxylation is 2. The summed E-state index contributed by atoms with van der Waals surface area (Å²) in [5, 5.41) is 15.3. The molecule has 0 spiro atoms.